The lowest BCUT2D eigenvalue weighted by molar-refractivity contribution is 0.563. The molecule has 1 heterocycles. The SMILES string of the molecule is CNCc1cn[nH]c1S(=O)(=O)NCc1cc(F)ccc1F. The minimum absolute atomic E-state index is 0.0757. The third-order valence-corrected chi connectivity index (χ3v) is 4.19. The zero-order valence-electron chi connectivity index (χ0n) is 11.2. The predicted molar refractivity (Wildman–Crippen MR) is 71.7 cm³/mol. The van der Waals surface area contributed by atoms with Crippen LogP contribution >= 0.6 is 0 Å². The Balaban J connectivity index is 2.18. The van der Waals surface area contributed by atoms with Gasteiger partial charge in [0, 0.05) is 24.2 Å². The number of nitrogens with one attached hydrogen (secondary N) is 3. The second-order valence-corrected chi connectivity index (χ2v) is 6.02. The van der Waals surface area contributed by atoms with Crippen LogP contribution in [0.3, 0.4) is 0 Å². The molecule has 114 valence electrons. The van der Waals surface area contributed by atoms with Gasteiger partial charge in [-0.15, -0.1) is 0 Å². The molecule has 1 aromatic carbocycles. The number of aromatic nitrogens is 2. The lowest BCUT2D eigenvalue weighted by atomic mass is 10.2. The number of hydrogen-bond donors (Lipinski definition) is 3. The number of aromatic amines is 1. The van der Waals surface area contributed by atoms with Crippen molar-refractivity contribution in [2.75, 3.05) is 7.05 Å². The lowest BCUT2D eigenvalue weighted by Crippen LogP contribution is -2.25. The van der Waals surface area contributed by atoms with Crippen molar-refractivity contribution in [3.63, 3.8) is 0 Å². The fourth-order valence-corrected chi connectivity index (χ4v) is 2.90. The Morgan fingerprint density at radius 1 is 1.24 bits per heavy atom. The molecule has 2 aromatic rings. The Morgan fingerprint density at radius 3 is 2.71 bits per heavy atom. The standard InChI is InChI=1S/C12H14F2N4O2S/c1-15-5-9-6-16-18-12(9)21(19,20)17-7-8-4-10(13)2-3-11(8)14/h2-4,6,15,17H,5,7H2,1H3,(H,16,18). The highest BCUT2D eigenvalue weighted by Crippen LogP contribution is 2.14. The van der Waals surface area contributed by atoms with Crippen LogP contribution in [0.4, 0.5) is 8.78 Å². The third-order valence-electron chi connectivity index (χ3n) is 2.77. The van der Waals surface area contributed by atoms with E-state index in [4.69, 9.17) is 0 Å². The van der Waals surface area contributed by atoms with Gasteiger partial charge in [0.2, 0.25) is 0 Å². The molecule has 9 heteroatoms. The quantitative estimate of drug-likeness (QED) is 0.738. The van der Waals surface area contributed by atoms with Gasteiger partial charge in [-0.25, -0.2) is 21.9 Å². The minimum atomic E-state index is -3.89. The second kappa shape index (κ2) is 6.29. The van der Waals surface area contributed by atoms with Crippen LogP contribution in [0.25, 0.3) is 0 Å². The van der Waals surface area contributed by atoms with E-state index in [1.807, 2.05) is 0 Å². The molecule has 0 spiro atoms. The van der Waals surface area contributed by atoms with E-state index in [0.29, 0.717) is 12.1 Å². The van der Waals surface area contributed by atoms with Crippen LogP contribution in [0.2, 0.25) is 0 Å². The first-order valence-electron chi connectivity index (χ1n) is 6.04. The summed E-state index contributed by atoms with van der Waals surface area (Å²) in [4.78, 5) is 0. The van der Waals surface area contributed by atoms with E-state index in [1.165, 1.54) is 6.20 Å². The predicted octanol–water partition coefficient (Wildman–Crippen LogP) is 0.886. The van der Waals surface area contributed by atoms with Gasteiger partial charge < -0.3 is 5.32 Å². The fraction of sp³-hybridized carbons (Fsp3) is 0.250. The summed E-state index contributed by atoms with van der Waals surface area (Å²) in [6.45, 7) is -0.0506. The smallest absolute Gasteiger partial charge is 0.258 e. The van der Waals surface area contributed by atoms with Gasteiger partial charge in [0.1, 0.15) is 11.6 Å². The Hall–Kier alpha value is -1.84. The molecule has 6 nitrogen and oxygen atoms in total. The first-order valence-corrected chi connectivity index (χ1v) is 7.53. The zero-order chi connectivity index (χ0) is 15.5. The van der Waals surface area contributed by atoms with Crippen LogP contribution < -0.4 is 10.0 Å². The fourth-order valence-electron chi connectivity index (χ4n) is 1.77. The summed E-state index contributed by atoms with van der Waals surface area (Å²) < 4.78 is 53.0. The largest absolute Gasteiger partial charge is 0.316 e. The first-order chi connectivity index (χ1) is 9.94. The number of benzene rings is 1. The summed E-state index contributed by atoms with van der Waals surface area (Å²) in [7, 11) is -2.23. The summed E-state index contributed by atoms with van der Waals surface area (Å²) in [6.07, 6.45) is 1.38. The summed E-state index contributed by atoms with van der Waals surface area (Å²) in [6, 6.07) is 2.86. The van der Waals surface area contributed by atoms with Gasteiger partial charge in [-0.2, -0.15) is 5.10 Å². The number of rotatable bonds is 6. The molecule has 0 aliphatic heterocycles. The maximum absolute atomic E-state index is 13.5. The average molecular weight is 316 g/mol. The summed E-state index contributed by atoms with van der Waals surface area (Å²) >= 11 is 0. The Kier molecular flexibility index (Phi) is 4.66. The summed E-state index contributed by atoms with van der Waals surface area (Å²) in [5.41, 5.74) is 0.373. The molecule has 0 unspecified atom stereocenters. The van der Waals surface area contributed by atoms with Crippen LogP contribution in [0.5, 0.6) is 0 Å². The summed E-state index contributed by atoms with van der Waals surface area (Å²) in [5.74, 6) is -1.32. The van der Waals surface area contributed by atoms with Crippen molar-refractivity contribution < 1.29 is 17.2 Å². The molecule has 0 atom stereocenters. The zero-order valence-corrected chi connectivity index (χ0v) is 12.0. The number of nitrogens with zero attached hydrogens (tertiary/aromatic N) is 1. The molecule has 0 fully saturated rings. The summed E-state index contributed by atoms with van der Waals surface area (Å²) in [5, 5.41) is 8.77. The Morgan fingerprint density at radius 2 is 2.00 bits per heavy atom. The molecule has 0 aliphatic carbocycles. The molecular weight excluding hydrogens is 302 g/mol. The minimum Gasteiger partial charge on any atom is -0.316 e. The van der Waals surface area contributed by atoms with Crippen LogP contribution in [0.1, 0.15) is 11.1 Å². The van der Waals surface area contributed by atoms with Crippen LogP contribution in [0.15, 0.2) is 29.4 Å². The van der Waals surface area contributed by atoms with E-state index < -0.39 is 21.7 Å². The molecule has 0 amide bonds. The monoisotopic (exact) mass is 316 g/mol. The van der Waals surface area contributed by atoms with Crippen molar-refractivity contribution >= 4 is 10.0 Å². The van der Waals surface area contributed by atoms with Crippen molar-refractivity contribution in [2.45, 2.75) is 18.1 Å². The van der Waals surface area contributed by atoms with Crippen molar-refractivity contribution in [3.8, 4) is 0 Å². The molecule has 21 heavy (non-hydrogen) atoms. The van der Waals surface area contributed by atoms with Crippen LogP contribution in [-0.2, 0) is 23.1 Å². The maximum atomic E-state index is 13.5. The average Bonchev–Trinajstić information content (AvgIpc) is 2.89. The van der Waals surface area contributed by atoms with Gasteiger partial charge in [-0.05, 0) is 25.2 Å². The van der Waals surface area contributed by atoms with Crippen molar-refractivity contribution in [1.82, 2.24) is 20.2 Å². The second-order valence-electron chi connectivity index (χ2n) is 4.31. The van der Waals surface area contributed by atoms with E-state index in [9.17, 15) is 17.2 Å². The van der Waals surface area contributed by atoms with Crippen LogP contribution in [-0.4, -0.2) is 25.7 Å². The van der Waals surface area contributed by atoms with Gasteiger partial charge in [0.25, 0.3) is 10.0 Å². The molecule has 0 radical (unpaired) electrons. The lowest BCUT2D eigenvalue weighted by Gasteiger charge is -2.08. The molecule has 0 bridgehead atoms. The number of sulfonamides is 1. The topological polar surface area (TPSA) is 86.9 Å². The molecule has 2 rings (SSSR count). The van der Waals surface area contributed by atoms with Gasteiger partial charge in [-0.1, -0.05) is 0 Å². The number of hydrogen-bond acceptors (Lipinski definition) is 4. The first kappa shape index (κ1) is 15.5. The van der Waals surface area contributed by atoms with Gasteiger partial charge >= 0.3 is 0 Å². The molecule has 0 saturated heterocycles. The molecule has 0 saturated carbocycles. The Labute approximate surface area is 120 Å². The van der Waals surface area contributed by atoms with E-state index in [1.54, 1.807) is 7.05 Å². The van der Waals surface area contributed by atoms with E-state index in [2.05, 4.69) is 20.2 Å². The van der Waals surface area contributed by atoms with E-state index in [-0.39, 0.29) is 17.1 Å². The van der Waals surface area contributed by atoms with E-state index >= 15 is 0 Å². The van der Waals surface area contributed by atoms with Gasteiger partial charge in [0.05, 0.1) is 6.20 Å². The molecule has 1 aromatic heterocycles. The van der Waals surface area contributed by atoms with Gasteiger partial charge in [0.15, 0.2) is 5.03 Å². The molecular formula is C12H14F2N4O2S. The van der Waals surface area contributed by atoms with Gasteiger partial charge in [-0.3, -0.25) is 5.10 Å². The number of H-pyrrole nitrogens is 1. The molecule has 3 N–H and O–H groups in total. The van der Waals surface area contributed by atoms with E-state index in [0.717, 1.165) is 18.2 Å². The van der Waals surface area contributed by atoms with Crippen molar-refractivity contribution in [3.05, 3.63) is 47.2 Å². The van der Waals surface area contributed by atoms with Crippen LogP contribution in [0, 0.1) is 11.6 Å². The highest BCUT2D eigenvalue weighted by atomic mass is 32.2. The highest BCUT2D eigenvalue weighted by molar-refractivity contribution is 7.89. The highest BCUT2D eigenvalue weighted by Gasteiger charge is 2.20. The Bertz CT molecular complexity index is 731. The maximum Gasteiger partial charge on any atom is 0.258 e. The number of halogens is 2. The normalized spacial score (nSPS) is 11.8. The molecule has 0 aliphatic rings. The third kappa shape index (κ3) is 3.63. The van der Waals surface area contributed by atoms with Crippen molar-refractivity contribution in [1.29, 1.82) is 0 Å². The van der Waals surface area contributed by atoms with Crippen molar-refractivity contribution in [2.24, 2.45) is 0 Å².